The number of rotatable bonds is 4. The van der Waals surface area contributed by atoms with Crippen LogP contribution in [0.4, 0.5) is 5.69 Å². The SMILES string of the molecule is CCN(C(=O)CN1CCNCC1C)c1ccccc1.Cl. The van der Waals surface area contributed by atoms with Crippen LogP contribution in [-0.2, 0) is 4.79 Å². The van der Waals surface area contributed by atoms with Gasteiger partial charge in [0.15, 0.2) is 0 Å². The van der Waals surface area contributed by atoms with Crippen molar-refractivity contribution in [2.45, 2.75) is 19.9 Å². The molecule has 20 heavy (non-hydrogen) atoms. The fourth-order valence-corrected chi connectivity index (χ4v) is 2.49. The fourth-order valence-electron chi connectivity index (χ4n) is 2.49. The topological polar surface area (TPSA) is 35.6 Å². The number of anilines is 1. The summed E-state index contributed by atoms with van der Waals surface area (Å²) in [5.74, 6) is 0.183. The first-order valence-electron chi connectivity index (χ1n) is 7.02. The van der Waals surface area contributed by atoms with Crippen LogP contribution in [0.3, 0.4) is 0 Å². The van der Waals surface area contributed by atoms with Crippen molar-refractivity contribution in [2.75, 3.05) is 37.6 Å². The molecule has 112 valence electrons. The Bertz CT molecular complexity index is 413. The normalized spacial score (nSPS) is 19.2. The van der Waals surface area contributed by atoms with E-state index in [1.807, 2.05) is 42.2 Å². The molecule has 1 aliphatic heterocycles. The molecule has 1 atom stereocenters. The molecule has 4 nitrogen and oxygen atoms in total. The van der Waals surface area contributed by atoms with Gasteiger partial charge in [-0.3, -0.25) is 9.69 Å². The Morgan fingerprint density at radius 3 is 2.70 bits per heavy atom. The van der Waals surface area contributed by atoms with Crippen LogP contribution in [-0.4, -0.2) is 49.6 Å². The predicted octanol–water partition coefficient (Wildman–Crippen LogP) is 1.75. The Labute approximate surface area is 127 Å². The number of benzene rings is 1. The molecule has 0 bridgehead atoms. The van der Waals surface area contributed by atoms with E-state index in [1.54, 1.807) is 0 Å². The van der Waals surface area contributed by atoms with Gasteiger partial charge in [0.05, 0.1) is 6.54 Å². The van der Waals surface area contributed by atoms with Crippen LogP contribution in [0.1, 0.15) is 13.8 Å². The second kappa shape index (κ2) is 8.25. The number of amides is 1. The van der Waals surface area contributed by atoms with Gasteiger partial charge in [-0.25, -0.2) is 0 Å². The molecule has 1 aromatic carbocycles. The number of para-hydroxylation sites is 1. The highest BCUT2D eigenvalue weighted by molar-refractivity contribution is 5.94. The first-order valence-corrected chi connectivity index (χ1v) is 7.02. The van der Waals surface area contributed by atoms with Gasteiger partial charge in [-0.05, 0) is 26.0 Å². The lowest BCUT2D eigenvalue weighted by Crippen LogP contribution is -2.53. The summed E-state index contributed by atoms with van der Waals surface area (Å²) >= 11 is 0. The van der Waals surface area contributed by atoms with Gasteiger partial charge in [0.1, 0.15) is 0 Å². The summed E-state index contributed by atoms with van der Waals surface area (Å²) in [4.78, 5) is 16.6. The zero-order chi connectivity index (χ0) is 13.7. The van der Waals surface area contributed by atoms with Crippen molar-refractivity contribution in [1.29, 1.82) is 0 Å². The van der Waals surface area contributed by atoms with E-state index in [0.717, 1.165) is 25.3 Å². The van der Waals surface area contributed by atoms with Crippen LogP contribution in [0.15, 0.2) is 30.3 Å². The van der Waals surface area contributed by atoms with Gasteiger partial charge >= 0.3 is 0 Å². The predicted molar refractivity (Wildman–Crippen MR) is 85.6 cm³/mol. The minimum Gasteiger partial charge on any atom is -0.314 e. The van der Waals surface area contributed by atoms with Crippen molar-refractivity contribution in [3.63, 3.8) is 0 Å². The van der Waals surface area contributed by atoms with E-state index >= 15 is 0 Å². The minimum absolute atomic E-state index is 0. The van der Waals surface area contributed by atoms with Crippen LogP contribution < -0.4 is 10.2 Å². The smallest absolute Gasteiger partial charge is 0.241 e. The molecule has 5 heteroatoms. The summed E-state index contributed by atoms with van der Waals surface area (Å²) in [6.45, 7) is 8.28. The lowest BCUT2D eigenvalue weighted by molar-refractivity contribution is -0.120. The van der Waals surface area contributed by atoms with Gasteiger partial charge in [0, 0.05) is 37.9 Å². The van der Waals surface area contributed by atoms with Gasteiger partial charge in [-0.2, -0.15) is 0 Å². The Morgan fingerprint density at radius 2 is 2.10 bits per heavy atom. The molecular weight excluding hydrogens is 274 g/mol. The lowest BCUT2D eigenvalue weighted by Gasteiger charge is -2.34. The fraction of sp³-hybridized carbons (Fsp3) is 0.533. The van der Waals surface area contributed by atoms with Gasteiger partial charge in [-0.1, -0.05) is 18.2 Å². The van der Waals surface area contributed by atoms with Crippen molar-refractivity contribution in [3.8, 4) is 0 Å². The van der Waals surface area contributed by atoms with E-state index in [2.05, 4.69) is 17.1 Å². The number of hydrogen-bond acceptors (Lipinski definition) is 3. The molecule has 1 unspecified atom stereocenters. The number of nitrogens with zero attached hydrogens (tertiary/aromatic N) is 2. The monoisotopic (exact) mass is 297 g/mol. The molecule has 1 amide bonds. The highest BCUT2D eigenvalue weighted by Gasteiger charge is 2.23. The number of halogens is 1. The van der Waals surface area contributed by atoms with E-state index in [0.29, 0.717) is 19.1 Å². The van der Waals surface area contributed by atoms with Gasteiger partial charge in [0.2, 0.25) is 5.91 Å². The lowest BCUT2D eigenvalue weighted by atomic mass is 10.2. The molecule has 2 rings (SSSR count). The Morgan fingerprint density at radius 1 is 1.40 bits per heavy atom. The number of carbonyl (C=O) groups is 1. The summed E-state index contributed by atoms with van der Waals surface area (Å²) in [6.07, 6.45) is 0. The van der Waals surface area contributed by atoms with Gasteiger partial charge in [-0.15, -0.1) is 12.4 Å². The standard InChI is InChI=1S/C15H23N3O.ClH/c1-3-18(14-7-5-4-6-8-14)15(19)12-17-10-9-16-11-13(17)2;/h4-8,13,16H,3,9-12H2,1-2H3;1H. The van der Waals surface area contributed by atoms with Gasteiger partial charge in [0.25, 0.3) is 0 Å². The molecule has 0 radical (unpaired) electrons. The molecule has 0 spiro atoms. The third kappa shape index (κ3) is 4.20. The Balaban J connectivity index is 0.00000200. The summed E-state index contributed by atoms with van der Waals surface area (Å²) in [5.41, 5.74) is 0.984. The molecule has 1 N–H and O–H groups in total. The summed E-state index contributed by atoms with van der Waals surface area (Å²) in [7, 11) is 0. The van der Waals surface area contributed by atoms with E-state index in [1.165, 1.54) is 0 Å². The molecule has 1 heterocycles. The number of likely N-dealkylation sites (N-methyl/N-ethyl adjacent to an activating group) is 1. The highest BCUT2D eigenvalue weighted by Crippen LogP contribution is 2.14. The largest absolute Gasteiger partial charge is 0.314 e. The number of carbonyl (C=O) groups excluding carboxylic acids is 1. The molecule has 0 saturated carbocycles. The Kier molecular flexibility index (Phi) is 6.99. The molecule has 0 aromatic heterocycles. The third-order valence-corrected chi connectivity index (χ3v) is 3.66. The highest BCUT2D eigenvalue weighted by atomic mass is 35.5. The molecule has 0 aliphatic carbocycles. The van der Waals surface area contributed by atoms with E-state index in [4.69, 9.17) is 0 Å². The molecule has 1 saturated heterocycles. The zero-order valence-corrected chi connectivity index (χ0v) is 13.0. The van der Waals surface area contributed by atoms with E-state index < -0.39 is 0 Å². The van der Waals surface area contributed by atoms with Crippen LogP contribution in [0.5, 0.6) is 0 Å². The van der Waals surface area contributed by atoms with Crippen molar-refractivity contribution >= 4 is 24.0 Å². The first kappa shape index (κ1) is 17.0. The van der Waals surface area contributed by atoms with Crippen LogP contribution in [0.2, 0.25) is 0 Å². The van der Waals surface area contributed by atoms with Gasteiger partial charge < -0.3 is 10.2 Å². The van der Waals surface area contributed by atoms with Crippen molar-refractivity contribution in [2.24, 2.45) is 0 Å². The molecule has 1 aliphatic rings. The molecule has 1 aromatic rings. The summed E-state index contributed by atoms with van der Waals surface area (Å²) in [6, 6.07) is 10.3. The summed E-state index contributed by atoms with van der Waals surface area (Å²) in [5, 5.41) is 3.35. The summed E-state index contributed by atoms with van der Waals surface area (Å²) < 4.78 is 0. The number of piperazine rings is 1. The second-order valence-corrected chi connectivity index (χ2v) is 5.00. The molecular formula is C15H24ClN3O. The van der Waals surface area contributed by atoms with Crippen molar-refractivity contribution in [3.05, 3.63) is 30.3 Å². The van der Waals surface area contributed by atoms with E-state index in [-0.39, 0.29) is 18.3 Å². The van der Waals surface area contributed by atoms with E-state index in [9.17, 15) is 4.79 Å². The van der Waals surface area contributed by atoms with Crippen molar-refractivity contribution < 1.29 is 4.79 Å². The average molecular weight is 298 g/mol. The second-order valence-electron chi connectivity index (χ2n) is 5.00. The zero-order valence-electron chi connectivity index (χ0n) is 12.2. The van der Waals surface area contributed by atoms with Crippen LogP contribution in [0, 0.1) is 0 Å². The number of hydrogen-bond donors (Lipinski definition) is 1. The molecule has 1 fully saturated rings. The Hall–Kier alpha value is -1.10. The average Bonchev–Trinajstić information content (AvgIpc) is 2.43. The van der Waals surface area contributed by atoms with Crippen LogP contribution in [0.25, 0.3) is 0 Å². The maximum Gasteiger partial charge on any atom is 0.241 e. The number of nitrogens with one attached hydrogen (secondary N) is 1. The quantitative estimate of drug-likeness (QED) is 0.920. The maximum atomic E-state index is 12.5. The van der Waals surface area contributed by atoms with Crippen molar-refractivity contribution in [1.82, 2.24) is 10.2 Å². The maximum absolute atomic E-state index is 12.5. The third-order valence-electron chi connectivity index (χ3n) is 3.66. The minimum atomic E-state index is 0. The first-order chi connectivity index (χ1) is 9.22. The van der Waals surface area contributed by atoms with Crippen LogP contribution >= 0.6 is 12.4 Å².